The van der Waals surface area contributed by atoms with Gasteiger partial charge in [-0.05, 0) is 55.5 Å². The molecule has 0 spiro atoms. The Balaban J connectivity index is 1.42. The van der Waals surface area contributed by atoms with Crippen molar-refractivity contribution in [2.24, 2.45) is 0 Å². The molecule has 0 bridgehead atoms. The first-order valence-corrected chi connectivity index (χ1v) is 9.56. The van der Waals surface area contributed by atoms with Crippen LogP contribution < -0.4 is 14.8 Å². The van der Waals surface area contributed by atoms with Gasteiger partial charge in [0.1, 0.15) is 11.5 Å². The van der Waals surface area contributed by atoms with E-state index in [2.05, 4.69) is 15.3 Å². The Morgan fingerprint density at radius 3 is 2.47 bits per heavy atom. The minimum atomic E-state index is -0.664. The molecule has 4 aromatic rings. The molecule has 4 rings (SSSR count). The number of nitrogens with one attached hydrogen (secondary N) is 1. The fourth-order valence-corrected chi connectivity index (χ4v) is 3.00. The molecule has 0 saturated carbocycles. The van der Waals surface area contributed by atoms with Crippen LogP contribution in [0.3, 0.4) is 0 Å². The Bertz CT molecular complexity index is 1180. The van der Waals surface area contributed by atoms with Gasteiger partial charge in [0.05, 0.1) is 30.0 Å². The van der Waals surface area contributed by atoms with Gasteiger partial charge in [-0.1, -0.05) is 18.2 Å². The molecule has 0 unspecified atom stereocenters. The monoisotopic (exact) mass is 399 g/mol. The molecule has 1 atom stereocenters. The number of methoxy groups -OCH3 is 1. The van der Waals surface area contributed by atoms with Gasteiger partial charge in [-0.25, -0.2) is 4.98 Å². The number of para-hydroxylation sites is 2. The average molecular weight is 399 g/mol. The summed E-state index contributed by atoms with van der Waals surface area (Å²) in [6.45, 7) is 1.71. The van der Waals surface area contributed by atoms with Gasteiger partial charge in [-0.3, -0.25) is 9.78 Å². The smallest absolute Gasteiger partial charge is 0.265 e. The lowest BCUT2D eigenvalue weighted by Gasteiger charge is -2.15. The van der Waals surface area contributed by atoms with Gasteiger partial charge in [-0.15, -0.1) is 0 Å². The molecule has 1 N–H and O–H groups in total. The minimum absolute atomic E-state index is 0.243. The van der Waals surface area contributed by atoms with E-state index >= 15 is 0 Å². The van der Waals surface area contributed by atoms with Gasteiger partial charge in [0.25, 0.3) is 5.91 Å². The van der Waals surface area contributed by atoms with Crippen LogP contribution in [0.2, 0.25) is 0 Å². The Morgan fingerprint density at radius 1 is 0.933 bits per heavy atom. The molecule has 0 aliphatic heterocycles. The number of hydrogen-bond acceptors (Lipinski definition) is 5. The summed E-state index contributed by atoms with van der Waals surface area (Å²) in [4.78, 5) is 21.5. The standard InChI is InChI=1S/C24H21N3O3/c1-16(24(28)26-18-6-5-7-20(14-18)29-2)30-19-12-10-17(11-13-19)23-15-25-21-8-3-4-9-22(21)27-23/h3-16H,1-2H3,(H,26,28)/t16-/m1/s1. The number of anilines is 1. The molecule has 150 valence electrons. The molecular weight excluding hydrogens is 378 g/mol. The molecule has 0 fully saturated rings. The highest BCUT2D eigenvalue weighted by molar-refractivity contribution is 5.94. The fraction of sp³-hybridized carbons (Fsp3) is 0.125. The topological polar surface area (TPSA) is 73.3 Å². The summed E-state index contributed by atoms with van der Waals surface area (Å²) < 4.78 is 11.0. The second-order valence-electron chi connectivity index (χ2n) is 6.75. The van der Waals surface area contributed by atoms with Gasteiger partial charge in [-0.2, -0.15) is 0 Å². The van der Waals surface area contributed by atoms with Crippen molar-refractivity contribution in [3.05, 3.63) is 79.0 Å². The van der Waals surface area contributed by atoms with Crippen LogP contribution in [0.4, 0.5) is 5.69 Å². The fourth-order valence-electron chi connectivity index (χ4n) is 3.00. The third-order valence-electron chi connectivity index (χ3n) is 4.62. The molecule has 6 nitrogen and oxygen atoms in total. The highest BCUT2D eigenvalue weighted by atomic mass is 16.5. The second-order valence-corrected chi connectivity index (χ2v) is 6.75. The van der Waals surface area contributed by atoms with Crippen LogP contribution in [-0.4, -0.2) is 29.1 Å². The van der Waals surface area contributed by atoms with E-state index in [-0.39, 0.29) is 5.91 Å². The number of amides is 1. The van der Waals surface area contributed by atoms with Gasteiger partial charge >= 0.3 is 0 Å². The number of hydrogen-bond donors (Lipinski definition) is 1. The average Bonchev–Trinajstić information content (AvgIpc) is 2.79. The third kappa shape index (κ3) is 4.38. The molecule has 3 aromatic carbocycles. The molecule has 6 heteroatoms. The lowest BCUT2D eigenvalue weighted by atomic mass is 10.1. The first kappa shape index (κ1) is 19.4. The van der Waals surface area contributed by atoms with Crippen LogP contribution in [0, 0.1) is 0 Å². The van der Waals surface area contributed by atoms with Crippen LogP contribution in [0.5, 0.6) is 11.5 Å². The molecule has 0 radical (unpaired) electrons. The van der Waals surface area contributed by atoms with Crippen molar-refractivity contribution in [1.29, 1.82) is 0 Å². The Kier molecular flexibility index (Phi) is 5.57. The van der Waals surface area contributed by atoms with E-state index in [0.29, 0.717) is 17.2 Å². The summed E-state index contributed by atoms with van der Waals surface area (Å²) in [7, 11) is 1.58. The molecule has 0 aliphatic rings. The van der Waals surface area contributed by atoms with E-state index in [4.69, 9.17) is 9.47 Å². The Hall–Kier alpha value is -3.93. The molecule has 1 heterocycles. The molecule has 1 aromatic heterocycles. The maximum Gasteiger partial charge on any atom is 0.265 e. The number of fused-ring (bicyclic) bond motifs is 1. The lowest BCUT2D eigenvalue weighted by molar-refractivity contribution is -0.122. The van der Waals surface area contributed by atoms with Crippen molar-refractivity contribution in [3.8, 4) is 22.8 Å². The summed E-state index contributed by atoms with van der Waals surface area (Å²) in [5.41, 5.74) is 4.06. The van der Waals surface area contributed by atoms with Crippen LogP contribution in [0.15, 0.2) is 79.0 Å². The normalized spacial score (nSPS) is 11.7. The minimum Gasteiger partial charge on any atom is -0.497 e. The van der Waals surface area contributed by atoms with E-state index < -0.39 is 6.10 Å². The molecule has 30 heavy (non-hydrogen) atoms. The largest absolute Gasteiger partial charge is 0.497 e. The summed E-state index contributed by atoms with van der Waals surface area (Å²) in [6, 6.07) is 22.4. The van der Waals surface area contributed by atoms with Gasteiger partial charge in [0.15, 0.2) is 6.10 Å². The summed E-state index contributed by atoms with van der Waals surface area (Å²) in [5.74, 6) is 1.03. The first-order valence-electron chi connectivity index (χ1n) is 9.56. The van der Waals surface area contributed by atoms with Crippen molar-refractivity contribution in [2.75, 3.05) is 12.4 Å². The summed E-state index contributed by atoms with van der Waals surface area (Å²) in [5, 5.41) is 2.83. The van der Waals surface area contributed by atoms with Crippen molar-refractivity contribution >= 4 is 22.6 Å². The maximum atomic E-state index is 12.4. The van der Waals surface area contributed by atoms with Gasteiger partial charge in [0, 0.05) is 17.3 Å². The number of aromatic nitrogens is 2. The van der Waals surface area contributed by atoms with E-state index in [1.165, 1.54) is 0 Å². The number of carbonyl (C=O) groups is 1. The zero-order chi connectivity index (χ0) is 20.9. The van der Waals surface area contributed by atoms with E-state index in [1.807, 2.05) is 60.7 Å². The third-order valence-corrected chi connectivity index (χ3v) is 4.62. The summed E-state index contributed by atoms with van der Waals surface area (Å²) >= 11 is 0. The number of nitrogens with zero attached hydrogens (tertiary/aromatic N) is 2. The molecule has 0 aliphatic carbocycles. The quantitative estimate of drug-likeness (QED) is 0.508. The van der Waals surface area contributed by atoms with E-state index in [9.17, 15) is 4.79 Å². The van der Waals surface area contributed by atoms with Crippen molar-refractivity contribution in [2.45, 2.75) is 13.0 Å². The predicted octanol–water partition coefficient (Wildman–Crippen LogP) is 4.71. The number of carbonyl (C=O) groups excluding carboxylic acids is 1. The highest BCUT2D eigenvalue weighted by Gasteiger charge is 2.15. The van der Waals surface area contributed by atoms with Crippen molar-refractivity contribution in [1.82, 2.24) is 9.97 Å². The van der Waals surface area contributed by atoms with Crippen LogP contribution >= 0.6 is 0 Å². The summed E-state index contributed by atoms with van der Waals surface area (Å²) in [6.07, 6.45) is 1.09. The van der Waals surface area contributed by atoms with Crippen LogP contribution in [-0.2, 0) is 4.79 Å². The van der Waals surface area contributed by atoms with Crippen LogP contribution in [0.25, 0.3) is 22.3 Å². The molecular formula is C24H21N3O3. The first-order chi connectivity index (χ1) is 14.6. The van der Waals surface area contributed by atoms with Crippen molar-refractivity contribution in [3.63, 3.8) is 0 Å². The van der Waals surface area contributed by atoms with Crippen LogP contribution in [0.1, 0.15) is 6.92 Å². The highest BCUT2D eigenvalue weighted by Crippen LogP contribution is 2.23. The predicted molar refractivity (Wildman–Crippen MR) is 117 cm³/mol. The van der Waals surface area contributed by atoms with Crippen molar-refractivity contribution < 1.29 is 14.3 Å². The number of rotatable bonds is 6. The van der Waals surface area contributed by atoms with E-state index in [1.54, 1.807) is 32.4 Å². The molecule has 1 amide bonds. The zero-order valence-corrected chi connectivity index (χ0v) is 16.7. The lowest BCUT2D eigenvalue weighted by Crippen LogP contribution is -2.30. The Morgan fingerprint density at radius 2 is 1.70 bits per heavy atom. The van der Waals surface area contributed by atoms with Gasteiger partial charge in [0.2, 0.25) is 0 Å². The SMILES string of the molecule is COc1cccc(NC(=O)[C@@H](C)Oc2ccc(-c3cnc4ccccc4n3)cc2)c1. The van der Waals surface area contributed by atoms with Gasteiger partial charge < -0.3 is 14.8 Å². The Labute approximate surface area is 174 Å². The maximum absolute atomic E-state index is 12.4. The number of benzene rings is 3. The molecule has 0 saturated heterocycles. The second kappa shape index (κ2) is 8.61. The van der Waals surface area contributed by atoms with E-state index in [0.717, 1.165) is 22.3 Å². The number of ether oxygens (including phenoxy) is 2. The zero-order valence-electron chi connectivity index (χ0n) is 16.7.